The van der Waals surface area contributed by atoms with E-state index in [2.05, 4.69) is 0 Å². The quantitative estimate of drug-likeness (QED) is 0.610. The zero-order valence-electron chi connectivity index (χ0n) is 9.11. The normalized spacial score (nSPS) is 14.1. The van der Waals surface area contributed by atoms with Gasteiger partial charge in [-0.2, -0.15) is 0 Å². The summed E-state index contributed by atoms with van der Waals surface area (Å²) in [7, 11) is 0. The largest absolute Gasteiger partial charge is 0.396 e. The maximum atomic E-state index is 10.6. The second-order valence-corrected chi connectivity index (χ2v) is 3.69. The van der Waals surface area contributed by atoms with Gasteiger partial charge in [-0.25, -0.2) is 0 Å². The molecule has 0 amide bonds. The van der Waals surface area contributed by atoms with Crippen LogP contribution in [0, 0.1) is 0 Å². The van der Waals surface area contributed by atoms with E-state index in [0.717, 1.165) is 0 Å². The van der Waals surface area contributed by atoms with Crippen molar-refractivity contribution in [3.05, 3.63) is 34.9 Å². The lowest BCUT2D eigenvalue weighted by molar-refractivity contribution is 0.00417. The van der Waals surface area contributed by atoms with Crippen molar-refractivity contribution in [1.29, 1.82) is 0 Å². The highest BCUT2D eigenvalue weighted by Gasteiger charge is 2.18. The lowest BCUT2D eigenvalue weighted by Crippen LogP contribution is -2.19. The Kier molecular flexibility index (Phi) is 4.96. The average Bonchev–Trinajstić information content (AvgIpc) is 2.37. The molecule has 0 fully saturated rings. The van der Waals surface area contributed by atoms with Crippen LogP contribution in [0.1, 0.15) is 38.8 Å². The van der Waals surface area contributed by atoms with Crippen molar-refractivity contribution >= 4 is 12.6 Å². The first-order chi connectivity index (χ1) is 8.12. The van der Waals surface area contributed by atoms with Gasteiger partial charge in [-0.15, -0.1) is 0 Å². The summed E-state index contributed by atoms with van der Waals surface area (Å²) >= 11 is 0. The second-order valence-electron chi connectivity index (χ2n) is 3.69. The molecule has 3 N–H and O–H groups in total. The van der Waals surface area contributed by atoms with Gasteiger partial charge in [0.25, 0.3) is 0 Å². The lowest BCUT2D eigenvalue weighted by atomic mass is 9.98. The average molecular weight is 238 g/mol. The SMILES string of the molecule is O=Cc1cc(C=O)cc(C(O)C(O)CCO)c1. The molecule has 0 heterocycles. The summed E-state index contributed by atoms with van der Waals surface area (Å²) in [5.41, 5.74) is 0.775. The van der Waals surface area contributed by atoms with E-state index in [1.165, 1.54) is 18.2 Å². The molecule has 2 atom stereocenters. The summed E-state index contributed by atoms with van der Waals surface area (Å²) in [5, 5.41) is 27.9. The maximum absolute atomic E-state index is 10.6. The van der Waals surface area contributed by atoms with Crippen molar-refractivity contribution in [3.63, 3.8) is 0 Å². The molecule has 5 nitrogen and oxygen atoms in total. The summed E-state index contributed by atoms with van der Waals surface area (Å²) in [6.07, 6.45) is -1.24. The van der Waals surface area contributed by atoms with Gasteiger partial charge >= 0.3 is 0 Å². The monoisotopic (exact) mass is 238 g/mol. The van der Waals surface area contributed by atoms with Gasteiger partial charge in [0.15, 0.2) is 0 Å². The first-order valence-corrected chi connectivity index (χ1v) is 5.14. The highest BCUT2D eigenvalue weighted by atomic mass is 16.3. The molecule has 17 heavy (non-hydrogen) atoms. The topological polar surface area (TPSA) is 94.8 Å². The Morgan fingerprint density at radius 1 is 1.06 bits per heavy atom. The predicted molar refractivity (Wildman–Crippen MR) is 59.9 cm³/mol. The number of hydrogen-bond acceptors (Lipinski definition) is 5. The number of rotatable bonds is 6. The molecular formula is C12H14O5. The molecule has 0 aliphatic rings. The Morgan fingerprint density at radius 2 is 1.59 bits per heavy atom. The van der Waals surface area contributed by atoms with Crippen molar-refractivity contribution in [1.82, 2.24) is 0 Å². The summed E-state index contributed by atoms with van der Waals surface area (Å²) in [5.74, 6) is 0. The molecule has 92 valence electrons. The number of carbonyl (C=O) groups excluding carboxylic acids is 2. The molecule has 0 saturated carbocycles. The van der Waals surface area contributed by atoms with Gasteiger partial charge in [0, 0.05) is 17.7 Å². The van der Waals surface area contributed by atoms with E-state index in [1.807, 2.05) is 0 Å². The number of aldehydes is 2. The van der Waals surface area contributed by atoms with Gasteiger partial charge in [0.2, 0.25) is 0 Å². The summed E-state index contributed by atoms with van der Waals surface area (Å²) in [6.45, 7) is -0.258. The molecule has 0 saturated heterocycles. The van der Waals surface area contributed by atoms with Gasteiger partial charge in [-0.05, 0) is 30.2 Å². The summed E-state index contributed by atoms with van der Waals surface area (Å²) < 4.78 is 0. The van der Waals surface area contributed by atoms with Crippen molar-refractivity contribution < 1.29 is 24.9 Å². The van der Waals surface area contributed by atoms with Crippen LogP contribution in [0.25, 0.3) is 0 Å². The predicted octanol–water partition coefficient (Wildman–Crippen LogP) is 0.0883. The summed E-state index contributed by atoms with van der Waals surface area (Å²) in [4.78, 5) is 21.3. The highest BCUT2D eigenvalue weighted by molar-refractivity contribution is 5.82. The molecular weight excluding hydrogens is 224 g/mol. The number of aliphatic hydroxyl groups excluding tert-OH is 3. The molecule has 5 heteroatoms. The van der Waals surface area contributed by atoms with Crippen LogP contribution in [0.2, 0.25) is 0 Å². The smallest absolute Gasteiger partial charge is 0.150 e. The number of benzene rings is 1. The Hall–Kier alpha value is -1.56. The van der Waals surface area contributed by atoms with E-state index in [4.69, 9.17) is 5.11 Å². The molecule has 1 rings (SSSR count). The number of carbonyl (C=O) groups is 2. The Labute approximate surface area is 98.3 Å². The van der Waals surface area contributed by atoms with E-state index in [0.29, 0.717) is 12.6 Å². The van der Waals surface area contributed by atoms with Crippen LogP contribution in [-0.2, 0) is 0 Å². The number of hydrogen-bond donors (Lipinski definition) is 3. The third kappa shape index (κ3) is 3.45. The first kappa shape index (κ1) is 13.5. The van der Waals surface area contributed by atoms with E-state index < -0.39 is 12.2 Å². The fourth-order valence-corrected chi connectivity index (χ4v) is 1.52. The van der Waals surface area contributed by atoms with Crippen LogP contribution >= 0.6 is 0 Å². The molecule has 2 unspecified atom stereocenters. The third-order valence-electron chi connectivity index (χ3n) is 2.40. The van der Waals surface area contributed by atoms with E-state index >= 15 is 0 Å². The minimum atomic E-state index is -1.24. The van der Waals surface area contributed by atoms with Crippen LogP contribution in [0.15, 0.2) is 18.2 Å². The first-order valence-electron chi connectivity index (χ1n) is 5.14. The molecule has 1 aromatic rings. The summed E-state index contributed by atoms with van der Waals surface area (Å²) in [6, 6.07) is 4.17. The Morgan fingerprint density at radius 3 is 2.00 bits per heavy atom. The van der Waals surface area contributed by atoms with Gasteiger partial charge in [0.05, 0.1) is 6.10 Å². The molecule has 0 bridgehead atoms. The van der Waals surface area contributed by atoms with Crippen molar-refractivity contribution in [2.45, 2.75) is 18.6 Å². The zero-order valence-corrected chi connectivity index (χ0v) is 9.11. The molecule has 1 aromatic carbocycles. The van der Waals surface area contributed by atoms with Gasteiger partial charge in [-0.3, -0.25) is 9.59 Å². The third-order valence-corrected chi connectivity index (χ3v) is 2.40. The fourth-order valence-electron chi connectivity index (χ4n) is 1.52. The van der Waals surface area contributed by atoms with E-state index in [9.17, 15) is 19.8 Å². The van der Waals surface area contributed by atoms with Crippen molar-refractivity contribution in [2.24, 2.45) is 0 Å². The van der Waals surface area contributed by atoms with Gasteiger partial charge < -0.3 is 15.3 Å². The molecule has 0 aliphatic heterocycles. The van der Waals surface area contributed by atoms with Crippen LogP contribution < -0.4 is 0 Å². The van der Waals surface area contributed by atoms with E-state index in [-0.39, 0.29) is 29.7 Å². The minimum Gasteiger partial charge on any atom is -0.396 e. The lowest BCUT2D eigenvalue weighted by Gasteiger charge is -2.17. The van der Waals surface area contributed by atoms with Gasteiger partial charge in [0.1, 0.15) is 18.7 Å². The second kappa shape index (κ2) is 6.24. The zero-order chi connectivity index (χ0) is 12.8. The van der Waals surface area contributed by atoms with Crippen molar-refractivity contribution in [2.75, 3.05) is 6.61 Å². The number of aliphatic hydroxyl groups is 3. The molecule has 0 spiro atoms. The van der Waals surface area contributed by atoms with Crippen molar-refractivity contribution in [3.8, 4) is 0 Å². The molecule has 0 radical (unpaired) electrons. The maximum Gasteiger partial charge on any atom is 0.150 e. The fraction of sp³-hybridized carbons (Fsp3) is 0.333. The van der Waals surface area contributed by atoms with Crippen LogP contribution in [-0.4, -0.2) is 40.6 Å². The molecule has 0 aromatic heterocycles. The van der Waals surface area contributed by atoms with E-state index in [1.54, 1.807) is 0 Å². The Balaban J connectivity index is 3.03. The van der Waals surface area contributed by atoms with Crippen LogP contribution in [0.4, 0.5) is 0 Å². The standard InChI is InChI=1S/C12H14O5/c13-2-1-11(16)12(17)10-4-8(6-14)3-9(5-10)7-15/h3-7,11-13,16-17H,1-2H2. The van der Waals surface area contributed by atoms with Gasteiger partial charge in [-0.1, -0.05) is 0 Å². The molecule has 0 aliphatic carbocycles. The van der Waals surface area contributed by atoms with Crippen LogP contribution in [0.3, 0.4) is 0 Å². The highest BCUT2D eigenvalue weighted by Crippen LogP contribution is 2.21. The minimum absolute atomic E-state index is 0.0168. The van der Waals surface area contributed by atoms with Crippen LogP contribution in [0.5, 0.6) is 0 Å². The Bertz CT molecular complexity index is 376.